The van der Waals surface area contributed by atoms with Crippen molar-refractivity contribution in [2.24, 2.45) is 0 Å². The smallest absolute Gasteiger partial charge is 0.334 e. The molecule has 250 valence electrons. The summed E-state index contributed by atoms with van der Waals surface area (Å²) < 4.78 is 17.6. The van der Waals surface area contributed by atoms with Gasteiger partial charge < -0.3 is 34.6 Å². The first kappa shape index (κ1) is 36.4. The van der Waals surface area contributed by atoms with Crippen molar-refractivity contribution < 1.29 is 39.4 Å². The van der Waals surface area contributed by atoms with E-state index in [1.165, 1.54) is 44.9 Å². The van der Waals surface area contributed by atoms with Crippen LogP contribution in [0.5, 0.6) is 0 Å². The Hall–Kier alpha value is -1.03. The second-order valence-electron chi connectivity index (χ2n) is 13.5. The van der Waals surface area contributed by atoms with E-state index in [1.807, 2.05) is 0 Å². The second-order valence-corrected chi connectivity index (χ2v) is 13.5. The summed E-state index contributed by atoms with van der Waals surface area (Å²) in [4.78, 5) is 11.7. The number of aliphatic hydroxyl groups excluding tert-OH is 4. The fourth-order valence-electron chi connectivity index (χ4n) is 6.95. The molecule has 2 fully saturated rings. The number of carbonyl (C=O) groups is 1. The minimum Gasteiger partial charge on any atom is -0.455 e. The fourth-order valence-corrected chi connectivity index (χ4v) is 6.95. The number of cyclic esters (lactones) is 1. The zero-order valence-corrected chi connectivity index (χ0v) is 27.0. The van der Waals surface area contributed by atoms with E-state index in [1.54, 1.807) is 13.0 Å². The molecule has 0 aromatic rings. The summed E-state index contributed by atoms with van der Waals surface area (Å²) in [6, 6.07) is 0. The zero-order valence-electron chi connectivity index (χ0n) is 27.0. The highest BCUT2D eigenvalue weighted by Crippen LogP contribution is 2.34. The van der Waals surface area contributed by atoms with Crippen molar-refractivity contribution in [2.45, 2.75) is 204 Å². The molecule has 0 bridgehead atoms. The number of rotatable bonds is 23. The van der Waals surface area contributed by atoms with Gasteiger partial charge in [-0.15, -0.1) is 0 Å². The molecule has 0 saturated carbocycles. The third kappa shape index (κ3) is 13.5. The fraction of sp³-hybridized carbons (Fsp3) is 0.914. The molecule has 8 heteroatoms. The molecule has 0 aromatic carbocycles. The van der Waals surface area contributed by atoms with Gasteiger partial charge in [-0.1, -0.05) is 71.1 Å². The molecule has 0 aliphatic carbocycles. The van der Waals surface area contributed by atoms with Gasteiger partial charge in [-0.2, -0.15) is 0 Å². The molecule has 3 aliphatic heterocycles. The molecule has 0 aromatic heterocycles. The van der Waals surface area contributed by atoms with E-state index in [2.05, 4.69) is 6.92 Å². The Morgan fingerprint density at radius 1 is 0.674 bits per heavy atom. The highest BCUT2D eigenvalue weighted by molar-refractivity contribution is 5.90. The van der Waals surface area contributed by atoms with Crippen molar-refractivity contribution in [3.63, 3.8) is 0 Å². The standard InChI is InChI=1S/C35H62O8/c1-3-4-5-6-7-8-9-10-17-29(38)31-19-21-33(42-31)34-22-20-32(43-34)30(39)18-12-11-14-27(36)15-13-16-28(37)24-26-23-25(2)41-35(26)40/h23,25,27-34,36-39H,3-22,24H2,1-2H3. The summed E-state index contributed by atoms with van der Waals surface area (Å²) in [5.41, 5.74) is 0.541. The Labute approximate surface area is 260 Å². The Kier molecular flexibility index (Phi) is 17.1. The Morgan fingerprint density at radius 2 is 1.16 bits per heavy atom. The third-order valence-corrected chi connectivity index (χ3v) is 9.61. The molecule has 9 atom stereocenters. The lowest BCUT2D eigenvalue weighted by molar-refractivity contribution is -0.139. The maximum atomic E-state index is 11.7. The van der Waals surface area contributed by atoms with Crippen molar-refractivity contribution in [2.75, 3.05) is 0 Å². The van der Waals surface area contributed by atoms with Crippen molar-refractivity contribution >= 4 is 5.97 Å². The van der Waals surface area contributed by atoms with Gasteiger partial charge in [0.2, 0.25) is 0 Å². The first-order chi connectivity index (χ1) is 20.8. The lowest BCUT2D eigenvalue weighted by atomic mass is 9.99. The van der Waals surface area contributed by atoms with E-state index in [0.717, 1.165) is 51.4 Å². The van der Waals surface area contributed by atoms with Crippen LogP contribution >= 0.6 is 0 Å². The molecule has 0 radical (unpaired) electrons. The predicted molar refractivity (Wildman–Crippen MR) is 168 cm³/mol. The van der Waals surface area contributed by atoms with E-state index in [-0.39, 0.29) is 36.5 Å². The van der Waals surface area contributed by atoms with E-state index >= 15 is 0 Å². The number of hydrogen-bond acceptors (Lipinski definition) is 8. The lowest BCUT2D eigenvalue weighted by Crippen LogP contribution is -2.33. The van der Waals surface area contributed by atoms with Crippen molar-refractivity contribution in [3.05, 3.63) is 11.6 Å². The van der Waals surface area contributed by atoms with Crippen LogP contribution in [0.4, 0.5) is 0 Å². The van der Waals surface area contributed by atoms with Crippen molar-refractivity contribution in [3.8, 4) is 0 Å². The second kappa shape index (κ2) is 20.2. The van der Waals surface area contributed by atoms with Gasteiger partial charge in [-0.3, -0.25) is 0 Å². The van der Waals surface area contributed by atoms with Crippen LogP contribution in [0.2, 0.25) is 0 Å². The Morgan fingerprint density at radius 3 is 1.72 bits per heavy atom. The predicted octanol–water partition coefficient (Wildman–Crippen LogP) is 6.05. The first-order valence-corrected chi connectivity index (χ1v) is 17.7. The van der Waals surface area contributed by atoms with Gasteiger partial charge in [0, 0.05) is 12.0 Å². The minimum absolute atomic E-state index is 0.00356. The quantitative estimate of drug-likeness (QED) is 0.0814. The number of esters is 1. The molecule has 0 amide bonds. The molecule has 9 unspecified atom stereocenters. The molecule has 3 rings (SSSR count). The summed E-state index contributed by atoms with van der Waals surface area (Å²) in [6.07, 6.45) is 18.9. The number of aliphatic hydroxyl groups is 4. The summed E-state index contributed by atoms with van der Waals surface area (Å²) in [5, 5.41) is 42.0. The number of carbonyl (C=O) groups excluding carboxylic acids is 1. The summed E-state index contributed by atoms with van der Waals surface area (Å²) in [7, 11) is 0. The average Bonchev–Trinajstić information content (AvgIpc) is 3.72. The van der Waals surface area contributed by atoms with Gasteiger partial charge in [-0.25, -0.2) is 4.79 Å². The van der Waals surface area contributed by atoms with Crippen LogP contribution in [0.25, 0.3) is 0 Å². The number of ether oxygens (including phenoxy) is 3. The van der Waals surface area contributed by atoms with Crippen LogP contribution in [0.1, 0.15) is 149 Å². The highest BCUT2D eigenvalue weighted by atomic mass is 16.6. The van der Waals surface area contributed by atoms with Gasteiger partial charge in [-0.05, 0) is 77.2 Å². The maximum absolute atomic E-state index is 11.7. The van der Waals surface area contributed by atoms with Crippen molar-refractivity contribution in [1.82, 2.24) is 0 Å². The molecule has 8 nitrogen and oxygen atoms in total. The topological polar surface area (TPSA) is 126 Å². The van der Waals surface area contributed by atoms with E-state index < -0.39 is 24.4 Å². The van der Waals surface area contributed by atoms with Crippen LogP contribution in [0.3, 0.4) is 0 Å². The SMILES string of the molecule is CCCCCCCCCCC(O)C1CCC(C2CCC(C(O)CCCCC(O)CCCC(O)CC3=CC(C)OC3=O)O2)O1. The number of hydrogen-bond donors (Lipinski definition) is 4. The minimum atomic E-state index is -0.605. The van der Waals surface area contributed by atoms with Gasteiger partial charge in [0.1, 0.15) is 6.10 Å². The molecular weight excluding hydrogens is 548 g/mol. The molecule has 43 heavy (non-hydrogen) atoms. The van der Waals surface area contributed by atoms with Gasteiger partial charge in [0.25, 0.3) is 0 Å². The van der Waals surface area contributed by atoms with Crippen molar-refractivity contribution in [1.29, 1.82) is 0 Å². The zero-order chi connectivity index (χ0) is 31.0. The van der Waals surface area contributed by atoms with E-state index in [0.29, 0.717) is 44.1 Å². The highest BCUT2D eigenvalue weighted by Gasteiger charge is 2.40. The largest absolute Gasteiger partial charge is 0.455 e. The monoisotopic (exact) mass is 610 g/mol. The summed E-state index contributed by atoms with van der Waals surface area (Å²) in [6.45, 7) is 4.05. The average molecular weight is 611 g/mol. The van der Waals surface area contributed by atoms with Gasteiger partial charge in [0.15, 0.2) is 0 Å². The van der Waals surface area contributed by atoms with Crippen LogP contribution in [-0.4, -0.2) is 81.3 Å². The van der Waals surface area contributed by atoms with E-state index in [4.69, 9.17) is 14.2 Å². The van der Waals surface area contributed by atoms with Crippen LogP contribution in [0.15, 0.2) is 11.6 Å². The number of unbranched alkanes of at least 4 members (excludes halogenated alkanes) is 8. The Balaban J connectivity index is 1.19. The van der Waals surface area contributed by atoms with E-state index in [9.17, 15) is 25.2 Å². The molecule has 3 aliphatic rings. The normalized spacial score (nSPS) is 28.6. The molecule has 3 heterocycles. The first-order valence-electron chi connectivity index (χ1n) is 17.7. The summed E-state index contributed by atoms with van der Waals surface area (Å²) >= 11 is 0. The van der Waals surface area contributed by atoms with Gasteiger partial charge in [0.05, 0.1) is 48.8 Å². The van der Waals surface area contributed by atoms with Crippen LogP contribution < -0.4 is 0 Å². The van der Waals surface area contributed by atoms with Crippen LogP contribution in [0, 0.1) is 0 Å². The molecule has 2 saturated heterocycles. The van der Waals surface area contributed by atoms with Crippen LogP contribution in [-0.2, 0) is 19.0 Å². The molecule has 4 N–H and O–H groups in total. The Bertz CT molecular complexity index is 803. The molecular formula is C35H62O8. The molecule has 0 spiro atoms. The van der Waals surface area contributed by atoms with Gasteiger partial charge >= 0.3 is 5.97 Å². The summed E-state index contributed by atoms with van der Waals surface area (Å²) in [5.74, 6) is -0.341. The third-order valence-electron chi connectivity index (χ3n) is 9.61. The maximum Gasteiger partial charge on any atom is 0.334 e. The lowest BCUT2D eigenvalue weighted by Gasteiger charge is -2.24.